The van der Waals surface area contributed by atoms with E-state index in [1.54, 1.807) is 0 Å². The van der Waals surface area contributed by atoms with Gasteiger partial charge in [-0.15, -0.1) is 56.9 Å². The van der Waals surface area contributed by atoms with Crippen LogP contribution in [0.2, 0.25) is 0 Å². The molecule has 0 N–H and O–H groups in total. The van der Waals surface area contributed by atoms with Crippen LogP contribution in [0.3, 0.4) is 0 Å². The van der Waals surface area contributed by atoms with E-state index in [4.69, 9.17) is 0 Å². The number of aryl methyl sites for hydroxylation is 4. The summed E-state index contributed by atoms with van der Waals surface area (Å²) in [5.41, 5.74) is 5.88. The van der Waals surface area contributed by atoms with E-state index in [0.717, 1.165) is 25.7 Å². The Hall–Kier alpha value is -1.47. The van der Waals surface area contributed by atoms with Crippen molar-refractivity contribution in [1.82, 2.24) is 0 Å². The average molecular weight is 521 g/mol. The third-order valence-corrected chi connectivity index (χ3v) is 5.51. The van der Waals surface area contributed by atoms with Crippen LogP contribution < -0.4 is 0 Å². The zero-order chi connectivity index (χ0) is 18.5. The molecule has 0 spiro atoms. The van der Waals surface area contributed by atoms with Crippen molar-refractivity contribution in [3.05, 3.63) is 82.9 Å². The molecule has 4 rings (SSSR count). The quantitative estimate of drug-likeness (QED) is 0.195. The van der Waals surface area contributed by atoms with Crippen molar-refractivity contribution in [3.8, 4) is 0 Å². The normalized spacial score (nSPS) is 10.5. The van der Waals surface area contributed by atoms with Gasteiger partial charge in [0.2, 0.25) is 0 Å². The van der Waals surface area contributed by atoms with E-state index >= 15 is 0 Å². The minimum atomic E-state index is 0. The number of hydrogen-bond donors (Lipinski definition) is 0. The molecule has 0 aliphatic heterocycles. The largest absolute Gasteiger partial charge is 0.168 e. The summed E-state index contributed by atoms with van der Waals surface area (Å²) in [5.74, 6) is 0. The molecule has 0 heterocycles. The summed E-state index contributed by atoms with van der Waals surface area (Å²) in [6, 6.07) is 22.3. The van der Waals surface area contributed by atoms with E-state index in [1.807, 2.05) is 0 Å². The van der Waals surface area contributed by atoms with Gasteiger partial charge in [0.1, 0.15) is 0 Å². The number of benzene rings is 2. The molecule has 0 fully saturated rings. The second-order valence-electron chi connectivity index (χ2n) is 6.89. The minimum absolute atomic E-state index is 0. The van der Waals surface area contributed by atoms with Gasteiger partial charge in [-0.05, 0) is 12.8 Å². The maximum atomic E-state index is 2.27. The molecule has 0 aliphatic carbocycles. The van der Waals surface area contributed by atoms with Crippen molar-refractivity contribution in [2.45, 2.75) is 53.4 Å². The number of hydrogen-bond acceptors (Lipinski definition) is 0. The van der Waals surface area contributed by atoms with E-state index in [9.17, 15) is 0 Å². The molecule has 0 saturated heterocycles. The van der Waals surface area contributed by atoms with Crippen molar-refractivity contribution in [3.63, 3.8) is 0 Å². The molecule has 0 saturated carbocycles. The Labute approximate surface area is 183 Å². The standard InChI is InChI=1S/2C13H15.Hf/c2*1-3-10-8-9-11(4-2)13-7-5-6-12(10)13;/h2*5-9H,3-4H2,1-2H3;/q2*-1;. The fourth-order valence-electron chi connectivity index (χ4n) is 3.95. The Morgan fingerprint density at radius 3 is 1.19 bits per heavy atom. The molecular weight excluding hydrogens is 491 g/mol. The van der Waals surface area contributed by atoms with Crippen LogP contribution in [0.1, 0.15) is 49.9 Å². The summed E-state index contributed by atoms with van der Waals surface area (Å²) < 4.78 is 0. The van der Waals surface area contributed by atoms with E-state index < -0.39 is 0 Å². The molecular formula is C26H30Hf-2. The molecule has 0 atom stereocenters. The summed E-state index contributed by atoms with van der Waals surface area (Å²) in [6.07, 6.45) is 4.52. The Morgan fingerprint density at radius 1 is 0.519 bits per heavy atom. The van der Waals surface area contributed by atoms with Crippen LogP contribution in [-0.4, -0.2) is 0 Å². The van der Waals surface area contributed by atoms with Crippen LogP contribution in [0.5, 0.6) is 0 Å². The summed E-state index contributed by atoms with van der Waals surface area (Å²) >= 11 is 0. The summed E-state index contributed by atoms with van der Waals surface area (Å²) in [6.45, 7) is 8.86. The molecule has 0 radical (unpaired) electrons. The van der Waals surface area contributed by atoms with Crippen molar-refractivity contribution in [1.29, 1.82) is 0 Å². The van der Waals surface area contributed by atoms with Gasteiger partial charge in [0.25, 0.3) is 0 Å². The summed E-state index contributed by atoms with van der Waals surface area (Å²) in [4.78, 5) is 0. The van der Waals surface area contributed by atoms with E-state index in [-0.39, 0.29) is 25.8 Å². The fourth-order valence-corrected chi connectivity index (χ4v) is 3.95. The Morgan fingerprint density at radius 2 is 0.852 bits per heavy atom. The first-order valence-corrected chi connectivity index (χ1v) is 10.1. The van der Waals surface area contributed by atoms with Gasteiger partial charge in [-0.2, -0.15) is 24.3 Å². The minimum Gasteiger partial charge on any atom is -0.168 e. The average Bonchev–Trinajstić information content (AvgIpc) is 3.36. The first-order valence-electron chi connectivity index (χ1n) is 10.1. The zero-order valence-corrected chi connectivity index (χ0v) is 20.7. The second-order valence-corrected chi connectivity index (χ2v) is 6.89. The molecule has 4 aromatic carbocycles. The van der Waals surface area contributed by atoms with E-state index in [2.05, 4.69) is 88.4 Å². The zero-order valence-electron chi connectivity index (χ0n) is 17.1. The molecule has 1 heteroatoms. The Kier molecular flexibility index (Phi) is 8.23. The molecule has 140 valence electrons. The first kappa shape index (κ1) is 21.8. The van der Waals surface area contributed by atoms with Crippen LogP contribution in [0.25, 0.3) is 21.5 Å². The van der Waals surface area contributed by atoms with Crippen LogP contribution in [0, 0.1) is 0 Å². The monoisotopic (exact) mass is 522 g/mol. The van der Waals surface area contributed by atoms with Gasteiger partial charge in [-0.25, -0.2) is 0 Å². The van der Waals surface area contributed by atoms with Crippen LogP contribution in [-0.2, 0) is 51.5 Å². The molecule has 0 unspecified atom stereocenters. The second kappa shape index (κ2) is 10.2. The van der Waals surface area contributed by atoms with Gasteiger partial charge in [0, 0.05) is 25.8 Å². The topological polar surface area (TPSA) is 0 Å². The van der Waals surface area contributed by atoms with Gasteiger partial charge in [0.15, 0.2) is 0 Å². The first-order chi connectivity index (χ1) is 12.7. The number of fused-ring (bicyclic) bond motifs is 2. The van der Waals surface area contributed by atoms with E-state index in [1.165, 1.54) is 43.8 Å². The van der Waals surface area contributed by atoms with E-state index in [0.29, 0.717) is 0 Å². The molecule has 0 nitrogen and oxygen atoms in total. The van der Waals surface area contributed by atoms with Gasteiger partial charge in [-0.3, -0.25) is 0 Å². The molecule has 27 heavy (non-hydrogen) atoms. The summed E-state index contributed by atoms with van der Waals surface area (Å²) in [5, 5.41) is 5.78. The van der Waals surface area contributed by atoms with Gasteiger partial charge < -0.3 is 0 Å². The maximum absolute atomic E-state index is 2.27. The van der Waals surface area contributed by atoms with Gasteiger partial charge >= 0.3 is 0 Å². The predicted octanol–water partition coefficient (Wildman–Crippen LogP) is 7.36. The Bertz CT molecular complexity index is 826. The molecule has 0 aliphatic rings. The SMILES string of the molecule is CCc1ccc(CC)c2[cH-]ccc12.CCc1ccc(CC)c2[cH-]ccc12.[Hf]. The number of rotatable bonds is 4. The van der Waals surface area contributed by atoms with Crippen LogP contribution >= 0.6 is 0 Å². The molecule has 0 amide bonds. The Balaban J connectivity index is 0.000000187. The van der Waals surface area contributed by atoms with Crippen molar-refractivity contribution < 1.29 is 25.8 Å². The fraction of sp³-hybridized carbons (Fsp3) is 0.308. The van der Waals surface area contributed by atoms with Crippen molar-refractivity contribution in [2.24, 2.45) is 0 Å². The van der Waals surface area contributed by atoms with Crippen LogP contribution in [0.15, 0.2) is 60.7 Å². The van der Waals surface area contributed by atoms with Crippen molar-refractivity contribution in [2.75, 3.05) is 0 Å². The molecule has 0 bridgehead atoms. The third-order valence-electron chi connectivity index (χ3n) is 5.51. The summed E-state index contributed by atoms with van der Waals surface area (Å²) in [7, 11) is 0. The van der Waals surface area contributed by atoms with Crippen molar-refractivity contribution >= 4 is 21.5 Å². The maximum Gasteiger partial charge on any atom is 0 e. The predicted molar refractivity (Wildman–Crippen MR) is 117 cm³/mol. The van der Waals surface area contributed by atoms with Gasteiger partial charge in [-0.1, -0.05) is 63.8 Å². The van der Waals surface area contributed by atoms with Gasteiger partial charge in [0.05, 0.1) is 0 Å². The smallest absolute Gasteiger partial charge is 0 e. The molecule has 4 aromatic rings. The van der Waals surface area contributed by atoms with Crippen LogP contribution in [0.4, 0.5) is 0 Å². The third kappa shape index (κ3) is 4.51. The molecule has 0 aromatic heterocycles.